The van der Waals surface area contributed by atoms with Crippen molar-refractivity contribution in [1.29, 1.82) is 0 Å². The summed E-state index contributed by atoms with van der Waals surface area (Å²) < 4.78 is 2.22. The fourth-order valence-electron chi connectivity index (χ4n) is 2.27. The second kappa shape index (κ2) is 5.02. The number of fused-ring (bicyclic) bond motifs is 1. The summed E-state index contributed by atoms with van der Waals surface area (Å²) in [5.74, 6) is 1.08. The minimum absolute atomic E-state index is 0.697. The highest BCUT2D eigenvalue weighted by Gasteiger charge is 2.10. The molecule has 0 fully saturated rings. The molecule has 0 unspecified atom stereocenters. The highest BCUT2D eigenvalue weighted by atomic mass is 35.5. The highest BCUT2D eigenvalue weighted by Crippen LogP contribution is 2.21. The van der Waals surface area contributed by atoms with Gasteiger partial charge in [-0.15, -0.1) is 0 Å². The maximum atomic E-state index is 6.19. The first-order valence-electron chi connectivity index (χ1n) is 6.32. The molecule has 3 nitrogen and oxygen atoms in total. The van der Waals surface area contributed by atoms with Crippen LogP contribution in [0.15, 0.2) is 42.7 Å². The number of nitrogens with zero attached hydrogens (tertiary/aromatic N) is 3. The van der Waals surface area contributed by atoms with E-state index in [2.05, 4.69) is 27.5 Å². The van der Waals surface area contributed by atoms with E-state index < -0.39 is 0 Å². The number of hydrogen-bond donors (Lipinski definition) is 0. The van der Waals surface area contributed by atoms with E-state index in [0.717, 1.165) is 35.4 Å². The minimum Gasteiger partial charge on any atom is -0.323 e. The topological polar surface area (TPSA) is 30.7 Å². The number of imidazole rings is 1. The number of aromatic nitrogens is 3. The van der Waals surface area contributed by atoms with Crippen LogP contribution >= 0.6 is 11.6 Å². The lowest BCUT2D eigenvalue weighted by Gasteiger charge is -2.09. The monoisotopic (exact) mass is 271 g/mol. The summed E-state index contributed by atoms with van der Waals surface area (Å²) in [6.07, 6.45) is 4.35. The smallest absolute Gasteiger partial charge is 0.109 e. The molecule has 2 aromatic heterocycles. The Balaban J connectivity index is 2.12. The number of halogens is 1. The molecule has 0 aliphatic heterocycles. The van der Waals surface area contributed by atoms with Gasteiger partial charge in [0.25, 0.3) is 0 Å². The Morgan fingerprint density at radius 3 is 2.84 bits per heavy atom. The molecule has 0 radical (unpaired) electrons. The van der Waals surface area contributed by atoms with Crippen molar-refractivity contribution in [2.24, 2.45) is 0 Å². The summed E-state index contributed by atoms with van der Waals surface area (Å²) in [6, 6.07) is 10.1. The summed E-state index contributed by atoms with van der Waals surface area (Å²) >= 11 is 6.19. The van der Waals surface area contributed by atoms with Crippen molar-refractivity contribution >= 4 is 22.6 Å². The van der Waals surface area contributed by atoms with Gasteiger partial charge in [0.05, 0.1) is 22.6 Å². The van der Waals surface area contributed by atoms with E-state index in [-0.39, 0.29) is 0 Å². The van der Waals surface area contributed by atoms with E-state index in [1.807, 2.05) is 24.3 Å². The molecule has 0 N–H and O–H groups in total. The Morgan fingerprint density at radius 1 is 1.21 bits per heavy atom. The summed E-state index contributed by atoms with van der Waals surface area (Å²) in [5.41, 5.74) is 3.24. The van der Waals surface area contributed by atoms with Crippen molar-refractivity contribution < 1.29 is 0 Å². The number of benzene rings is 1. The first-order valence-corrected chi connectivity index (χ1v) is 6.70. The largest absolute Gasteiger partial charge is 0.323 e. The number of para-hydroxylation sites is 2. The molecule has 0 saturated heterocycles. The van der Waals surface area contributed by atoms with E-state index in [0.29, 0.717) is 5.02 Å². The number of aryl methyl sites for hydroxylation is 1. The molecule has 2 heterocycles. The molecule has 0 aliphatic carbocycles. The van der Waals surface area contributed by atoms with Crippen molar-refractivity contribution in [3.63, 3.8) is 0 Å². The molecule has 0 atom stereocenters. The third-order valence-electron chi connectivity index (χ3n) is 3.23. The van der Waals surface area contributed by atoms with Gasteiger partial charge in [0.1, 0.15) is 5.82 Å². The zero-order valence-corrected chi connectivity index (χ0v) is 11.4. The van der Waals surface area contributed by atoms with Crippen LogP contribution in [0, 0.1) is 0 Å². The zero-order chi connectivity index (χ0) is 13.2. The molecular weight excluding hydrogens is 258 g/mol. The fourth-order valence-corrected chi connectivity index (χ4v) is 2.45. The molecule has 4 heteroatoms. The van der Waals surface area contributed by atoms with Gasteiger partial charge in [0, 0.05) is 18.8 Å². The van der Waals surface area contributed by atoms with Gasteiger partial charge in [0.2, 0.25) is 0 Å². The van der Waals surface area contributed by atoms with E-state index >= 15 is 0 Å². The Labute approximate surface area is 116 Å². The predicted octanol–water partition coefficient (Wildman–Crippen LogP) is 3.70. The van der Waals surface area contributed by atoms with E-state index in [1.165, 1.54) is 0 Å². The Hall–Kier alpha value is -1.87. The van der Waals surface area contributed by atoms with Crippen LogP contribution in [0.4, 0.5) is 0 Å². The second-order valence-electron chi connectivity index (χ2n) is 4.42. The molecule has 0 saturated carbocycles. The Kier molecular flexibility index (Phi) is 3.22. The second-order valence-corrected chi connectivity index (χ2v) is 4.83. The van der Waals surface area contributed by atoms with Crippen LogP contribution < -0.4 is 0 Å². The van der Waals surface area contributed by atoms with E-state index in [4.69, 9.17) is 11.6 Å². The van der Waals surface area contributed by atoms with Crippen LogP contribution in [-0.4, -0.2) is 14.5 Å². The first kappa shape index (κ1) is 12.2. The summed E-state index contributed by atoms with van der Waals surface area (Å²) in [6.45, 7) is 2.84. The molecule has 0 bridgehead atoms. The Bertz CT molecular complexity index is 718. The molecule has 3 rings (SSSR count). The van der Waals surface area contributed by atoms with Crippen molar-refractivity contribution in [2.75, 3.05) is 0 Å². The third-order valence-corrected chi connectivity index (χ3v) is 3.58. The van der Waals surface area contributed by atoms with Crippen LogP contribution in [0.1, 0.15) is 18.3 Å². The first-order chi connectivity index (χ1) is 9.29. The lowest BCUT2D eigenvalue weighted by Crippen LogP contribution is -2.05. The molecule has 0 amide bonds. The summed E-state index contributed by atoms with van der Waals surface area (Å²) in [4.78, 5) is 8.68. The van der Waals surface area contributed by atoms with Crippen LogP contribution in [0.2, 0.25) is 5.02 Å². The maximum absolute atomic E-state index is 6.19. The van der Waals surface area contributed by atoms with Crippen molar-refractivity contribution in [3.8, 4) is 0 Å². The van der Waals surface area contributed by atoms with Gasteiger partial charge >= 0.3 is 0 Å². The van der Waals surface area contributed by atoms with E-state index in [9.17, 15) is 0 Å². The Morgan fingerprint density at radius 2 is 2.05 bits per heavy atom. The van der Waals surface area contributed by atoms with E-state index in [1.54, 1.807) is 12.4 Å². The SMILES string of the molecule is CCc1nc2ccccc2n1Cc1ccncc1Cl. The summed E-state index contributed by atoms with van der Waals surface area (Å²) in [7, 11) is 0. The molecule has 3 aromatic rings. The third kappa shape index (κ3) is 2.22. The molecule has 0 spiro atoms. The number of hydrogen-bond acceptors (Lipinski definition) is 2. The molecule has 96 valence electrons. The van der Waals surface area contributed by atoms with Crippen LogP contribution in [0.3, 0.4) is 0 Å². The highest BCUT2D eigenvalue weighted by molar-refractivity contribution is 6.31. The van der Waals surface area contributed by atoms with Crippen molar-refractivity contribution in [2.45, 2.75) is 19.9 Å². The van der Waals surface area contributed by atoms with Gasteiger partial charge in [-0.05, 0) is 23.8 Å². The minimum atomic E-state index is 0.697. The van der Waals surface area contributed by atoms with Crippen molar-refractivity contribution in [1.82, 2.24) is 14.5 Å². The summed E-state index contributed by atoms with van der Waals surface area (Å²) in [5, 5.41) is 0.697. The predicted molar refractivity (Wildman–Crippen MR) is 77.5 cm³/mol. The van der Waals surface area contributed by atoms with Gasteiger partial charge in [0.15, 0.2) is 0 Å². The van der Waals surface area contributed by atoms with Crippen LogP contribution in [0.5, 0.6) is 0 Å². The normalized spacial score (nSPS) is 11.1. The van der Waals surface area contributed by atoms with Crippen LogP contribution in [-0.2, 0) is 13.0 Å². The average Bonchev–Trinajstić information content (AvgIpc) is 2.79. The number of pyridine rings is 1. The molecule has 0 aliphatic rings. The van der Waals surface area contributed by atoms with Gasteiger partial charge in [-0.2, -0.15) is 0 Å². The van der Waals surface area contributed by atoms with Crippen LogP contribution in [0.25, 0.3) is 11.0 Å². The number of rotatable bonds is 3. The van der Waals surface area contributed by atoms with Gasteiger partial charge in [-0.3, -0.25) is 4.98 Å². The van der Waals surface area contributed by atoms with Gasteiger partial charge in [-0.25, -0.2) is 4.98 Å². The zero-order valence-electron chi connectivity index (χ0n) is 10.7. The molecule has 19 heavy (non-hydrogen) atoms. The quantitative estimate of drug-likeness (QED) is 0.727. The fraction of sp³-hybridized carbons (Fsp3) is 0.200. The molecular formula is C15H14ClN3. The molecule has 1 aromatic carbocycles. The van der Waals surface area contributed by atoms with Gasteiger partial charge in [-0.1, -0.05) is 30.7 Å². The lowest BCUT2D eigenvalue weighted by molar-refractivity contribution is 0.752. The maximum Gasteiger partial charge on any atom is 0.109 e. The standard InChI is InChI=1S/C15H14ClN3/c1-2-15-18-13-5-3-4-6-14(13)19(15)10-11-7-8-17-9-12(11)16/h3-9H,2,10H2,1H3. The van der Waals surface area contributed by atoms with Gasteiger partial charge < -0.3 is 4.57 Å². The van der Waals surface area contributed by atoms with Crippen molar-refractivity contribution in [3.05, 3.63) is 59.1 Å². The lowest BCUT2D eigenvalue weighted by atomic mass is 10.2. The average molecular weight is 272 g/mol.